The molecule has 1 saturated carbocycles. The quantitative estimate of drug-likeness (QED) is 0.636. The highest BCUT2D eigenvalue weighted by Gasteiger charge is 2.32. The Morgan fingerprint density at radius 1 is 1.13 bits per heavy atom. The van der Waals surface area contributed by atoms with E-state index < -0.39 is 0 Å². The summed E-state index contributed by atoms with van der Waals surface area (Å²) < 4.78 is 0. The number of nitriles is 1. The van der Waals surface area contributed by atoms with E-state index >= 15 is 0 Å². The van der Waals surface area contributed by atoms with Crippen LogP contribution in [0.1, 0.15) is 32.1 Å². The van der Waals surface area contributed by atoms with Crippen molar-refractivity contribution in [1.82, 2.24) is 4.90 Å². The topological polar surface area (TPSA) is 27.0 Å². The number of hydrogen-bond donors (Lipinski definition) is 0. The van der Waals surface area contributed by atoms with Gasteiger partial charge in [0.15, 0.2) is 15.2 Å². The summed E-state index contributed by atoms with van der Waals surface area (Å²) in [6, 6.07) is 3.15. The van der Waals surface area contributed by atoms with Crippen LogP contribution < -0.4 is 0 Å². The predicted octanol–water partition coefficient (Wildman–Crippen LogP) is 2.56. The minimum Gasteiger partial charge on any atom is -0.298 e. The fourth-order valence-corrected chi connectivity index (χ4v) is 2.34. The second-order valence-corrected chi connectivity index (χ2v) is 5.80. The molecule has 2 aliphatic rings. The molecule has 3 heteroatoms. The van der Waals surface area contributed by atoms with Crippen LogP contribution in [-0.4, -0.2) is 39.3 Å². The van der Waals surface area contributed by atoms with E-state index in [1.54, 1.807) is 0 Å². The molecule has 0 atom stereocenters. The normalized spacial score (nSPS) is 23.3. The molecule has 0 aromatic heterocycles. The molecule has 0 amide bonds. The Morgan fingerprint density at radius 2 is 1.67 bits per heavy atom. The Kier molecular flexibility index (Phi) is 6.34. The first kappa shape index (κ1) is 13.0. The van der Waals surface area contributed by atoms with E-state index in [-0.39, 0.29) is 0 Å². The van der Waals surface area contributed by atoms with Gasteiger partial charge < -0.3 is 0 Å². The lowest BCUT2D eigenvalue weighted by molar-refractivity contribution is 0.0594. The molecule has 2 fully saturated rings. The molecule has 0 N–H and O–H groups in total. The van der Waals surface area contributed by atoms with Crippen molar-refractivity contribution in [2.24, 2.45) is 5.92 Å². The van der Waals surface area contributed by atoms with Gasteiger partial charge in [0.25, 0.3) is 0 Å². The van der Waals surface area contributed by atoms with Gasteiger partial charge in [-0.15, -0.1) is 11.6 Å². The van der Waals surface area contributed by atoms with Crippen LogP contribution in [0, 0.1) is 17.2 Å². The minimum atomic E-state index is 0.340. The highest BCUT2D eigenvalue weighted by atomic mass is 27.1. The molecule has 0 aromatic rings. The van der Waals surface area contributed by atoms with Gasteiger partial charge in [0.2, 0.25) is 0 Å². The zero-order valence-electron chi connectivity index (χ0n) is 10.1. The van der Waals surface area contributed by atoms with Gasteiger partial charge in [0.05, 0.1) is 12.0 Å². The molecule has 83 valence electrons. The van der Waals surface area contributed by atoms with Crippen molar-refractivity contribution in [3.63, 3.8) is 0 Å². The summed E-state index contributed by atoms with van der Waals surface area (Å²) in [7, 11) is 0. The van der Waals surface area contributed by atoms with Crippen molar-refractivity contribution in [3.8, 4) is 6.07 Å². The van der Waals surface area contributed by atoms with Crippen LogP contribution in [0.3, 0.4) is 0 Å². The van der Waals surface area contributed by atoms with Crippen molar-refractivity contribution >= 4 is 15.2 Å². The Balaban J connectivity index is 0.000000337. The van der Waals surface area contributed by atoms with E-state index in [1.807, 2.05) is 0 Å². The van der Waals surface area contributed by atoms with Crippen LogP contribution in [-0.2, 0) is 0 Å². The third-order valence-corrected chi connectivity index (χ3v) is 3.18. The number of rotatable bonds is 1. The van der Waals surface area contributed by atoms with Gasteiger partial charge in [-0.05, 0) is 12.8 Å². The van der Waals surface area contributed by atoms with Crippen LogP contribution >= 0.6 is 0 Å². The monoisotopic (exact) mass is 221 g/mol. The van der Waals surface area contributed by atoms with Crippen LogP contribution in [0.5, 0.6) is 0 Å². The number of nitrogens with zero attached hydrogens (tertiary/aromatic N) is 2. The summed E-state index contributed by atoms with van der Waals surface area (Å²) in [6.45, 7) is 2.09. The van der Waals surface area contributed by atoms with Gasteiger partial charge >= 0.3 is 0 Å². The van der Waals surface area contributed by atoms with Crippen molar-refractivity contribution in [3.05, 3.63) is 0 Å². The van der Waals surface area contributed by atoms with Crippen molar-refractivity contribution in [2.45, 2.75) is 49.7 Å². The summed E-state index contributed by atoms with van der Waals surface area (Å²) in [5.74, 6) is 4.76. The predicted molar refractivity (Wildman–Crippen MR) is 65.0 cm³/mol. The summed E-state index contributed by atoms with van der Waals surface area (Å²) in [5.41, 5.74) is 0. The molecule has 1 radical (unpaired) electrons. The molecule has 2 rings (SSSR count). The largest absolute Gasteiger partial charge is 0.298 e. The second kappa shape index (κ2) is 7.29. The summed E-state index contributed by atoms with van der Waals surface area (Å²) in [6.07, 6.45) is 6.97. The van der Waals surface area contributed by atoms with Gasteiger partial charge in [-0.3, -0.25) is 4.90 Å². The smallest absolute Gasteiger partial charge is 0.191 e. The first-order valence-corrected chi connectivity index (χ1v) is 8.50. The maximum absolute atomic E-state index is 8.63. The lowest BCUT2D eigenvalue weighted by atomic mass is 9.89. The second-order valence-electron chi connectivity index (χ2n) is 4.65. The summed E-state index contributed by atoms with van der Waals surface area (Å²) >= 11 is 0.750. The molecule has 0 bridgehead atoms. The van der Waals surface area contributed by atoms with Crippen molar-refractivity contribution in [1.29, 1.82) is 5.26 Å². The van der Waals surface area contributed by atoms with Crippen LogP contribution in [0.4, 0.5) is 0 Å². The average Bonchev–Trinajstić information content (AvgIpc) is 2.19. The van der Waals surface area contributed by atoms with Crippen molar-refractivity contribution < 1.29 is 0 Å². The third-order valence-electron chi connectivity index (χ3n) is 3.18. The Labute approximate surface area is 100 Å². The molecule has 2 nitrogen and oxygen atoms in total. The minimum absolute atomic E-state index is 0.340. The lowest BCUT2D eigenvalue weighted by Gasteiger charge is -2.43. The highest BCUT2D eigenvalue weighted by molar-refractivity contribution is 6.31. The SMILES string of the molecule is N#CC1CN(C2CCCCC2)C1.[CH3][Al][CH3]. The molecule has 15 heavy (non-hydrogen) atoms. The molecule has 1 aliphatic carbocycles. The molecule has 1 aliphatic heterocycles. The zero-order chi connectivity index (χ0) is 11.1. The molecule has 0 aromatic carbocycles. The van der Waals surface area contributed by atoms with Gasteiger partial charge in [-0.2, -0.15) is 5.26 Å². The first-order chi connectivity index (χ1) is 7.31. The van der Waals surface area contributed by atoms with E-state index in [9.17, 15) is 0 Å². The van der Waals surface area contributed by atoms with Crippen LogP contribution in [0.25, 0.3) is 0 Å². The van der Waals surface area contributed by atoms with E-state index in [2.05, 4.69) is 22.5 Å². The maximum Gasteiger partial charge on any atom is 0.191 e. The molecular formula is C12H22AlN2. The maximum atomic E-state index is 8.63. The zero-order valence-corrected chi connectivity index (χ0v) is 11.2. The lowest BCUT2D eigenvalue weighted by Crippen LogP contribution is -2.52. The van der Waals surface area contributed by atoms with Crippen LogP contribution in [0.15, 0.2) is 0 Å². The molecule has 0 spiro atoms. The molecular weight excluding hydrogens is 199 g/mol. The van der Waals surface area contributed by atoms with Gasteiger partial charge in [0.1, 0.15) is 0 Å². The van der Waals surface area contributed by atoms with Crippen molar-refractivity contribution in [2.75, 3.05) is 13.1 Å². The summed E-state index contributed by atoms with van der Waals surface area (Å²) in [4.78, 5) is 2.49. The fraction of sp³-hybridized carbons (Fsp3) is 0.917. The Morgan fingerprint density at radius 3 is 2.13 bits per heavy atom. The summed E-state index contributed by atoms with van der Waals surface area (Å²) in [5, 5.41) is 8.63. The van der Waals surface area contributed by atoms with Crippen LogP contribution in [0.2, 0.25) is 11.6 Å². The Bertz CT molecular complexity index is 200. The van der Waals surface area contributed by atoms with Gasteiger partial charge in [-0.25, -0.2) is 0 Å². The molecule has 1 saturated heterocycles. The highest BCUT2D eigenvalue weighted by Crippen LogP contribution is 2.27. The van der Waals surface area contributed by atoms with E-state index in [0.717, 1.165) is 34.4 Å². The van der Waals surface area contributed by atoms with E-state index in [4.69, 9.17) is 5.26 Å². The van der Waals surface area contributed by atoms with E-state index in [1.165, 1.54) is 32.1 Å². The first-order valence-electron chi connectivity index (χ1n) is 6.19. The average molecular weight is 221 g/mol. The number of likely N-dealkylation sites (tertiary alicyclic amines) is 1. The standard InChI is InChI=1S/C10H16N2.2CH3.Al/c11-6-9-7-12(8-9)10-4-2-1-3-5-10;;;/h9-10H,1-5,7-8H2;2*1H3;. The van der Waals surface area contributed by atoms with Gasteiger partial charge in [0, 0.05) is 19.1 Å². The number of hydrogen-bond acceptors (Lipinski definition) is 2. The third kappa shape index (κ3) is 4.15. The fourth-order valence-electron chi connectivity index (χ4n) is 2.34. The Hall–Kier alpha value is -0.0175. The molecule has 1 heterocycles. The van der Waals surface area contributed by atoms with E-state index in [0.29, 0.717) is 5.92 Å². The molecule has 0 unspecified atom stereocenters. The van der Waals surface area contributed by atoms with Gasteiger partial charge in [-0.1, -0.05) is 19.3 Å².